The Morgan fingerprint density at radius 3 is 2.65 bits per heavy atom. The van der Waals surface area contributed by atoms with Crippen molar-refractivity contribution in [3.8, 4) is 11.8 Å². The molecule has 0 radical (unpaired) electrons. The minimum Gasteiger partial charge on any atom is -0.468 e. The van der Waals surface area contributed by atoms with E-state index in [9.17, 15) is 9.59 Å². The third-order valence-electron chi connectivity index (χ3n) is 2.72. The summed E-state index contributed by atoms with van der Waals surface area (Å²) < 4.78 is 4.52. The Bertz CT molecular complexity index is 569. The van der Waals surface area contributed by atoms with Crippen molar-refractivity contribution in [2.24, 2.45) is 0 Å². The fourth-order valence-corrected chi connectivity index (χ4v) is 1.62. The second-order valence-electron chi connectivity index (χ2n) is 4.23. The Kier molecular flexibility index (Phi) is 5.75. The molecular formula is C15H17NO4. The van der Waals surface area contributed by atoms with E-state index in [0.29, 0.717) is 5.56 Å². The number of aliphatic hydroxyl groups is 1. The SMILES string of the molecule is COC(=O)CN(C)C(=O)c1ccc(C#CCO)c(C)c1. The Balaban J connectivity index is 2.89. The van der Waals surface area contributed by atoms with Gasteiger partial charge in [-0.3, -0.25) is 9.59 Å². The van der Waals surface area contributed by atoms with Gasteiger partial charge in [0, 0.05) is 18.2 Å². The predicted octanol–water partition coefficient (Wildman–Crippen LogP) is 0.584. The van der Waals surface area contributed by atoms with Crippen LogP contribution in [-0.2, 0) is 9.53 Å². The quantitative estimate of drug-likeness (QED) is 0.647. The summed E-state index contributed by atoms with van der Waals surface area (Å²) in [6.45, 7) is 1.53. The van der Waals surface area contributed by atoms with Gasteiger partial charge in [0.15, 0.2) is 0 Å². The van der Waals surface area contributed by atoms with Crippen LogP contribution in [-0.4, -0.2) is 49.2 Å². The van der Waals surface area contributed by atoms with Crippen molar-refractivity contribution >= 4 is 11.9 Å². The molecule has 1 amide bonds. The molecule has 5 nitrogen and oxygen atoms in total. The Hall–Kier alpha value is -2.32. The van der Waals surface area contributed by atoms with Crippen LogP contribution in [0, 0.1) is 18.8 Å². The van der Waals surface area contributed by atoms with Crippen LogP contribution in [0.15, 0.2) is 18.2 Å². The van der Waals surface area contributed by atoms with Crippen molar-refractivity contribution in [1.29, 1.82) is 0 Å². The highest BCUT2D eigenvalue weighted by Crippen LogP contribution is 2.12. The number of hydrogen-bond acceptors (Lipinski definition) is 4. The zero-order valence-corrected chi connectivity index (χ0v) is 11.8. The molecule has 0 heterocycles. The zero-order chi connectivity index (χ0) is 15.1. The van der Waals surface area contributed by atoms with Crippen molar-refractivity contribution in [1.82, 2.24) is 4.90 Å². The summed E-state index contributed by atoms with van der Waals surface area (Å²) >= 11 is 0. The fraction of sp³-hybridized carbons (Fsp3) is 0.333. The molecule has 0 aromatic heterocycles. The lowest BCUT2D eigenvalue weighted by molar-refractivity contribution is -0.141. The number of esters is 1. The maximum atomic E-state index is 12.1. The number of nitrogens with zero attached hydrogens (tertiary/aromatic N) is 1. The monoisotopic (exact) mass is 275 g/mol. The van der Waals surface area contributed by atoms with Crippen LogP contribution in [0.3, 0.4) is 0 Å². The molecule has 1 N–H and O–H groups in total. The summed E-state index contributed by atoms with van der Waals surface area (Å²) in [7, 11) is 2.81. The van der Waals surface area contributed by atoms with Crippen LogP contribution in [0.2, 0.25) is 0 Å². The first-order valence-corrected chi connectivity index (χ1v) is 6.02. The maximum absolute atomic E-state index is 12.1. The van der Waals surface area contributed by atoms with Gasteiger partial charge >= 0.3 is 5.97 Å². The van der Waals surface area contributed by atoms with Crippen LogP contribution in [0.25, 0.3) is 0 Å². The maximum Gasteiger partial charge on any atom is 0.325 e. The van der Waals surface area contributed by atoms with Crippen LogP contribution in [0.1, 0.15) is 21.5 Å². The van der Waals surface area contributed by atoms with Gasteiger partial charge in [-0.1, -0.05) is 11.8 Å². The summed E-state index contributed by atoms with van der Waals surface area (Å²) in [4.78, 5) is 24.5. The second-order valence-corrected chi connectivity index (χ2v) is 4.23. The van der Waals surface area contributed by atoms with Gasteiger partial charge in [0.2, 0.25) is 0 Å². The van der Waals surface area contributed by atoms with Gasteiger partial charge in [0.1, 0.15) is 13.2 Å². The number of ether oxygens (including phenoxy) is 1. The third kappa shape index (κ3) is 4.11. The second kappa shape index (κ2) is 7.31. The number of carbonyl (C=O) groups excluding carboxylic acids is 2. The van der Waals surface area contributed by atoms with Crippen molar-refractivity contribution in [3.63, 3.8) is 0 Å². The van der Waals surface area contributed by atoms with E-state index < -0.39 is 5.97 Å². The smallest absolute Gasteiger partial charge is 0.325 e. The van der Waals surface area contributed by atoms with Gasteiger partial charge in [0.25, 0.3) is 5.91 Å². The molecule has 1 rings (SSSR count). The first-order valence-electron chi connectivity index (χ1n) is 6.02. The van der Waals surface area contributed by atoms with Crippen molar-refractivity contribution < 1.29 is 19.4 Å². The first-order chi connectivity index (χ1) is 9.49. The minimum atomic E-state index is -0.469. The average molecular weight is 275 g/mol. The molecule has 1 aromatic rings. The van der Waals surface area contributed by atoms with E-state index in [1.165, 1.54) is 19.1 Å². The number of amides is 1. The largest absolute Gasteiger partial charge is 0.468 e. The predicted molar refractivity (Wildman–Crippen MR) is 74.1 cm³/mol. The first kappa shape index (κ1) is 15.7. The number of likely N-dealkylation sites (N-methyl/N-ethyl adjacent to an activating group) is 1. The molecule has 0 aliphatic rings. The molecule has 106 valence electrons. The molecule has 0 atom stereocenters. The van der Waals surface area contributed by atoms with Crippen molar-refractivity contribution in [3.05, 3.63) is 34.9 Å². The molecule has 1 aromatic carbocycles. The van der Waals surface area contributed by atoms with Crippen LogP contribution in [0.4, 0.5) is 0 Å². The zero-order valence-electron chi connectivity index (χ0n) is 11.8. The molecule has 0 fully saturated rings. The van der Waals surface area contributed by atoms with Gasteiger partial charge in [0.05, 0.1) is 7.11 Å². The summed E-state index contributed by atoms with van der Waals surface area (Å²) in [5.41, 5.74) is 2.07. The van der Waals surface area contributed by atoms with Gasteiger partial charge in [-0.2, -0.15) is 0 Å². The normalized spacial score (nSPS) is 9.40. The highest BCUT2D eigenvalue weighted by atomic mass is 16.5. The molecule has 0 saturated heterocycles. The van der Waals surface area contributed by atoms with Gasteiger partial charge < -0.3 is 14.7 Å². The molecule has 20 heavy (non-hydrogen) atoms. The fourth-order valence-electron chi connectivity index (χ4n) is 1.62. The summed E-state index contributed by atoms with van der Waals surface area (Å²) in [5.74, 6) is 4.63. The van der Waals surface area contributed by atoms with E-state index in [4.69, 9.17) is 5.11 Å². The molecule has 0 bridgehead atoms. The van der Waals surface area contributed by atoms with Gasteiger partial charge in [-0.15, -0.1) is 0 Å². The Morgan fingerprint density at radius 2 is 2.10 bits per heavy atom. The number of benzene rings is 1. The number of methoxy groups -OCH3 is 1. The van der Waals surface area contributed by atoms with E-state index in [-0.39, 0.29) is 19.1 Å². The lowest BCUT2D eigenvalue weighted by atomic mass is 10.0. The van der Waals surface area contributed by atoms with E-state index in [1.807, 2.05) is 6.92 Å². The van der Waals surface area contributed by atoms with E-state index in [1.54, 1.807) is 18.2 Å². The molecule has 5 heteroatoms. The van der Waals surface area contributed by atoms with E-state index >= 15 is 0 Å². The van der Waals surface area contributed by atoms with E-state index in [2.05, 4.69) is 16.6 Å². The topological polar surface area (TPSA) is 66.8 Å². The molecule has 0 aliphatic heterocycles. The summed E-state index contributed by atoms with van der Waals surface area (Å²) in [6.07, 6.45) is 0. The van der Waals surface area contributed by atoms with Crippen molar-refractivity contribution in [2.75, 3.05) is 27.3 Å². The lowest BCUT2D eigenvalue weighted by Crippen LogP contribution is -2.32. The summed E-state index contributed by atoms with van der Waals surface area (Å²) in [5, 5.41) is 8.66. The molecule has 0 unspecified atom stereocenters. The van der Waals surface area contributed by atoms with E-state index in [0.717, 1.165) is 11.1 Å². The number of rotatable bonds is 3. The van der Waals surface area contributed by atoms with Crippen LogP contribution in [0.5, 0.6) is 0 Å². The molecular weight excluding hydrogens is 258 g/mol. The van der Waals surface area contributed by atoms with Gasteiger partial charge in [-0.25, -0.2) is 0 Å². The average Bonchev–Trinajstić information content (AvgIpc) is 2.44. The Labute approximate surface area is 118 Å². The van der Waals surface area contributed by atoms with Crippen LogP contribution >= 0.6 is 0 Å². The Morgan fingerprint density at radius 1 is 1.40 bits per heavy atom. The molecule has 0 saturated carbocycles. The number of carbonyl (C=O) groups is 2. The van der Waals surface area contributed by atoms with Crippen LogP contribution < -0.4 is 0 Å². The lowest BCUT2D eigenvalue weighted by Gasteiger charge is -2.16. The molecule has 0 aliphatic carbocycles. The highest BCUT2D eigenvalue weighted by Gasteiger charge is 2.15. The standard InChI is InChI=1S/C15H17NO4/c1-11-9-13(7-6-12(11)5-4-8-17)15(19)16(2)10-14(18)20-3/h6-7,9,17H,8,10H2,1-3H3. The number of hydrogen-bond donors (Lipinski definition) is 1. The molecule has 0 spiro atoms. The number of aryl methyl sites for hydroxylation is 1. The number of aliphatic hydroxyl groups excluding tert-OH is 1. The minimum absolute atomic E-state index is 0.0968. The highest BCUT2D eigenvalue weighted by molar-refractivity contribution is 5.96. The van der Waals surface area contributed by atoms with Crippen molar-refractivity contribution in [2.45, 2.75) is 6.92 Å². The summed E-state index contributed by atoms with van der Waals surface area (Å²) in [6, 6.07) is 5.07. The third-order valence-corrected chi connectivity index (χ3v) is 2.72. The van der Waals surface area contributed by atoms with Gasteiger partial charge in [-0.05, 0) is 30.7 Å².